The second kappa shape index (κ2) is 41.6. The molecule has 57 heavy (non-hydrogen) atoms. The SMILES string of the molecule is CCC=CCC=CCC=CCC=CCC=CCCCCCC(=O)O[C@H](COC(=O)CCCCCCCCCC=CCCCCCC)COP(=O)(O)OC[C@@H](O)CO. The number of rotatable bonds is 40. The van der Waals surface area contributed by atoms with Gasteiger partial charge in [0.1, 0.15) is 12.7 Å². The molecule has 0 bridgehead atoms. The molecule has 0 saturated heterocycles. The number of hydrogen-bond acceptors (Lipinski definition) is 9. The topological polar surface area (TPSA) is 149 Å². The number of ether oxygens (including phenoxy) is 2. The largest absolute Gasteiger partial charge is 0.472 e. The molecule has 10 nitrogen and oxygen atoms in total. The summed E-state index contributed by atoms with van der Waals surface area (Å²) in [5, 5.41) is 18.3. The summed E-state index contributed by atoms with van der Waals surface area (Å²) in [6, 6.07) is 0. The van der Waals surface area contributed by atoms with E-state index < -0.39 is 51.8 Å². The zero-order valence-electron chi connectivity index (χ0n) is 35.5. The smallest absolute Gasteiger partial charge is 0.462 e. The summed E-state index contributed by atoms with van der Waals surface area (Å²) in [5.41, 5.74) is 0. The highest BCUT2D eigenvalue weighted by Gasteiger charge is 2.27. The lowest BCUT2D eigenvalue weighted by Gasteiger charge is -2.20. The maximum atomic E-state index is 12.6. The van der Waals surface area contributed by atoms with Gasteiger partial charge in [0.15, 0.2) is 6.10 Å². The summed E-state index contributed by atoms with van der Waals surface area (Å²) >= 11 is 0. The number of carbonyl (C=O) groups is 2. The lowest BCUT2D eigenvalue weighted by molar-refractivity contribution is -0.161. The van der Waals surface area contributed by atoms with Crippen LogP contribution < -0.4 is 0 Å². The molecule has 328 valence electrons. The molecular weight excluding hydrogens is 743 g/mol. The molecule has 0 aromatic heterocycles. The normalized spacial score (nSPS) is 14.5. The maximum absolute atomic E-state index is 12.6. The fourth-order valence-electron chi connectivity index (χ4n) is 5.48. The quantitative estimate of drug-likeness (QED) is 0.0236. The van der Waals surface area contributed by atoms with Crippen LogP contribution in [0.3, 0.4) is 0 Å². The summed E-state index contributed by atoms with van der Waals surface area (Å²) in [6.45, 7) is 2.20. The fourth-order valence-corrected chi connectivity index (χ4v) is 6.27. The van der Waals surface area contributed by atoms with Crippen LogP contribution in [0.4, 0.5) is 0 Å². The Hall–Kier alpha value is -2.59. The first-order valence-corrected chi connectivity index (χ1v) is 23.4. The van der Waals surface area contributed by atoms with Gasteiger partial charge in [-0.15, -0.1) is 0 Å². The van der Waals surface area contributed by atoms with Crippen molar-refractivity contribution in [3.05, 3.63) is 72.9 Å². The van der Waals surface area contributed by atoms with Gasteiger partial charge in [0.05, 0.1) is 19.8 Å². The van der Waals surface area contributed by atoms with Crippen molar-refractivity contribution in [3.63, 3.8) is 0 Å². The van der Waals surface area contributed by atoms with Crippen LogP contribution in [0.15, 0.2) is 72.9 Å². The minimum atomic E-state index is -4.63. The van der Waals surface area contributed by atoms with E-state index in [0.29, 0.717) is 12.8 Å². The molecule has 0 aromatic carbocycles. The molecule has 0 rings (SSSR count). The number of aliphatic hydroxyl groups is 2. The Balaban J connectivity index is 4.38. The van der Waals surface area contributed by atoms with Gasteiger partial charge < -0.3 is 24.6 Å². The molecule has 0 radical (unpaired) electrons. The highest BCUT2D eigenvalue weighted by molar-refractivity contribution is 7.47. The van der Waals surface area contributed by atoms with Gasteiger partial charge in [0.25, 0.3) is 0 Å². The van der Waals surface area contributed by atoms with E-state index in [1.807, 2.05) is 0 Å². The Morgan fingerprint density at radius 1 is 0.544 bits per heavy atom. The van der Waals surface area contributed by atoms with Crippen molar-refractivity contribution < 1.29 is 47.8 Å². The van der Waals surface area contributed by atoms with Crippen LogP contribution >= 0.6 is 7.82 Å². The van der Waals surface area contributed by atoms with E-state index in [-0.39, 0.29) is 19.4 Å². The molecule has 0 aliphatic heterocycles. The molecule has 0 fully saturated rings. The lowest BCUT2D eigenvalue weighted by atomic mass is 10.1. The van der Waals surface area contributed by atoms with Crippen molar-refractivity contribution in [1.82, 2.24) is 0 Å². The highest BCUT2D eigenvalue weighted by atomic mass is 31.2. The van der Waals surface area contributed by atoms with E-state index in [1.165, 1.54) is 51.4 Å². The van der Waals surface area contributed by atoms with Gasteiger partial charge in [-0.1, -0.05) is 145 Å². The third-order valence-electron chi connectivity index (χ3n) is 8.84. The Kier molecular flexibility index (Phi) is 39.7. The molecule has 0 aromatic rings. The highest BCUT2D eigenvalue weighted by Crippen LogP contribution is 2.43. The van der Waals surface area contributed by atoms with Crippen molar-refractivity contribution in [3.8, 4) is 0 Å². The molecule has 0 spiro atoms. The van der Waals surface area contributed by atoms with Crippen LogP contribution in [0.2, 0.25) is 0 Å². The van der Waals surface area contributed by atoms with Crippen molar-refractivity contribution >= 4 is 19.8 Å². The van der Waals surface area contributed by atoms with Gasteiger partial charge in [-0.05, 0) is 83.5 Å². The summed E-state index contributed by atoms with van der Waals surface area (Å²) in [6.07, 6.45) is 47.2. The van der Waals surface area contributed by atoms with Crippen LogP contribution in [0.1, 0.15) is 168 Å². The molecule has 0 aliphatic rings. The van der Waals surface area contributed by atoms with Crippen LogP contribution in [-0.4, -0.2) is 65.7 Å². The molecule has 0 saturated carbocycles. The molecule has 3 atom stereocenters. The third kappa shape index (κ3) is 41.4. The Bertz CT molecular complexity index is 1180. The number of allylic oxidation sites excluding steroid dienone is 12. The predicted octanol–water partition coefficient (Wildman–Crippen LogP) is 11.7. The minimum Gasteiger partial charge on any atom is -0.462 e. The number of aliphatic hydroxyl groups excluding tert-OH is 2. The van der Waals surface area contributed by atoms with E-state index in [2.05, 4.69) is 91.3 Å². The molecule has 0 heterocycles. The minimum absolute atomic E-state index is 0.141. The number of carbonyl (C=O) groups excluding carboxylic acids is 2. The summed E-state index contributed by atoms with van der Waals surface area (Å²) in [7, 11) is -4.63. The van der Waals surface area contributed by atoms with Gasteiger partial charge in [-0.2, -0.15) is 0 Å². The van der Waals surface area contributed by atoms with Crippen LogP contribution in [0, 0.1) is 0 Å². The number of unbranched alkanes of at least 4 members (excludes halogenated alkanes) is 14. The van der Waals surface area contributed by atoms with E-state index in [4.69, 9.17) is 19.1 Å². The second-order valence-electron chi connectivity index (χ2n) is 14.3. The van der Waals surface area contributed by atoms with E-state index in [1.54, 1.807) is 0 Å². The number of phosphoric acid groups is 1. The predicted molar refractivity (Wildman–Crippen MR) is 233 cm³/mol. The summed E-state index contributed by atoms with van der Waals surface area (Å²) < 4.78 is 32.7. The summed E-state index contributed by atoms with van der Waals surface area (Å²) in [5.74, 6) is -0.973. The van der Waals surface area contributed by atoms with E-state index in [0.717, 1.165) is 77.0 Å². The second-order valence-corrected chi connectivity index (χ2v) is 15.8. The zero-order valence-corrected chi connectivity index (χ0v) is 36.4. The van der Waals surface area contributed by atoms with E-state index >= 15 is 0 Å². The van der Waals surface area contributed by atoms with Crippen molar-refractivity contribution in [1.29, 1.82) is 0 Å². The molecule has 11 heteroatoms. The Morgan fingerprint density at radius 3 is 1.49 bits per heavy atom. The Morgan fingerprint density at radius 2 is 0.965 bits per heavy atom. The molecule has 0 aliphatic carbocycles. The number of esters is 2. The standard InChI is InChI=1S/C46H79O10P/c1-3-5-7-9-11-13-15-17-19-20-21-22-24-26-28-30-32-34-36-38-46(50)56-44(42-55-57(51,52)54-40-43(48)39-47)41-53-45(49)37-35-33-31-29-27-25-23-18-16-14-12-10-8-6-4-2/h5,7,11,13-14,16-17,19,21-22,26,28,43-44,47-48H,3-4,6,8-10,12,15,18,20,23-25,27,29-42H2,1-2H3,(H,51,52)/t43-,44+/m0/s1. The van der Waals surface area contributed by atoms with Gasteiger partial charge in [-0.25, -0.2) is 4.57 Å². The first-order valence-electron chi connectivity index (χ1n) is 21.9. The van der Waals surface area contributed by atoms with Gasteiger partial charge >= 0.3 is 19.8 Å². The number of hydrogen-bond donors (Lipinski definition) is 3. The van der Waals surface area contributed by atoms with Crippen molar-refractivity contribution in [2.24, 2.45) is 0 Å². The van der Waals surface area contributed by atoms with Crippen molar-refractivity contribution in [2.75, 3.05) is 26.4 Å². The zero-order chi connectivity index (χ0) is 41.9. The third-order valence-corrected chi connectivity index (χ3v) is 9.80. The Labute approximate surface area is 346 Å². The molecular formula is C46H79O10P. The first-order chi connectivity index (χ1) is 27.7. The van der Waals surface area contributed by atoms with Crippen LogP contribution in [-0.2, 0) is 32.7 Å². The molecule has 3 N–H and O–H groups in total. The van der Waals surface area contributed by atoms with Crippen LogP contribution in [0.5, 0.6) is 0 Å². The lowest BCUT2D eigenvalue weighted by Crippen LogP contribution is -2.29. The van der Waals surface area contributed by atoms with Gasteiger partial charge in [0, 0.05) is 12.8 Å². The average molecular weight is 823 g/mol. The van der Waals surface area contributed by atoms with Gasteiger partial charge in [-0.3, -0.25) is 18.6 Å². The first kappa shape index (κ1) is 54.4. The number of phosphoric ester groups is 1. The van der Waals surface area contributed by atoms with E-state index in [9.17, 15) is 24.2 Å². The maximum Gasteiger partial charge on any atom is 0.472 e. The monoisotopic (exact) mass is 823 g/mol. The van der Waals surface area contributed by atoms with Crippen molar-refractivity contribution in [2.45, 2.75) is 180 Å². The molecule has 0 amide bonds. The van der Waals surface area contributed by atoms with Gasteiger partial charge in [0.2, 0.25) is 0 Å². The fraction of sp³-hybridized carbons (Fsp3) is 0.696. The average Bonchev–Trinajstić information content (AvgIpc) is 3.20. The summed E-state index contributed by atoms with van der Waals surface area (Å²) in [4.78, 5) is 35.0. The molecule has 1 unspecified atom stereocenters. The van der Waals surface area contributed by atoms with Crippen LogP contribution in [0.25, 0.3) is 0 Å².